The van der Waals surface area contributed by atoms with Crippen LogP contribution in [0, 0.1) is 0 Å². The topological polar surface area (TPSA) is 60.2 Å². The minimum atomic E-state index is 0.668. The van der Waals surface area contributed by atoms with Crippen LogP contribution in [-0.2, 0) is 6.54 Å². The van der Waals surface area contributed by atoms with E-state index in [0.717, 1.165) is 17.1 Å². The number of hydrogen-bond acceptors (Lipinski definition) is 5. The maximum absolute atomic E-state index is 5.85. The Morgan fingerprint density at radius 3 is 3.06 bits per heavy atom. The van der Waals surface area contributed by atoms with E-state index >= 15 is 0 Å². The molecule has 0 aliphatic heterocycles. The van der Waals surface area contributed by atoms with Gasteiger partial charge in [-0.05, 0) is 12.1 Å². The van der Waals surface area contributed by atoms with Crippen molar-refractivity contribution in [2.75, 3.05) is 18.2 Å². The van der Waals surface area contributed by atoms with Crippen molar-refractivity contribution >= 4 is 22.7 Å². The molecule has 2 rings (SSSR count). The van der Waals surface area contributed by atoms with E-state index < -0.39 is 0 Å². The lowest BCUT2D eigenvalue weighted by Crippen LogP contribution is -2.02. The molecule has 0 bridgehead atoms. The first-order valence-electron chi connectivity index (χ1n) is 4.84. The van der Waals surface area contributed by atoms with Crippen molar-refractivity contribution in [1.82, 2.24) is 4.98 Å². The van der Waals surface area contributed by atoms with Gasteiger partial charge >= 0.3 is 0 Å². The fourth-order valence-corrected chi connectivity index (χ4v) is 1.88. The highest BCUT2D eigenvalue weighted by Crippen LogP contribution is 2.24. The first-order valence-corrected chi connectivity index (χ1v) is 5.78. The second-order valence-corrected chi connectivity index (χ2v) is 4.01. The molecule has 0 amide bonds. The van der Waals surface area contributed by atoms with Crippen LogP contribution in [0.1, 0.15) is 5.69 Å². The molecule has 0 radical (unpaired) electrons. The fourth-order valence-electron chi connectivity index (χ4n) is 1.33. The summed E-state index contributed by atoms with van der Waals surface area (Å²) in [6.45, 7) is 0.668. The maximum atomic E-state index is 5.85. The average Bonchev–Trinajstić information content (AvgIpc) is 2.81. The fraction of sp³-hybridized carbons (Fsp3) is 0.182. The summed E-state index contributed by atoms with van der Waals surface area (Å²) < 4.78 is 5.14. The number of ether oxygens (including phenoxy) is 1. The van der Waals surface area contributed by atoms with Gasteiger partial charge in [-0.1, -0.05) is 0 Å². The van der Waals surface area contributed by atoms with E-state index in [2.05, 4.69) is 10.3 Å². The molecule has 4 nitrogen and oxygen atoms in total. The number of aromatic nitrogens is 1. The van der Waals surface area contributed by atoms with Crippen molar-refractivity contribution in [3.8, 4) is 5.75 Å². The molecular formula is C11H13N3OS. The summed E-state index contributed by atoms with van der Waals surface area (Å²) in [5, 5.41) is 5.23. The predicted molar refractivity (Wildman–Crippen MR) is 66.8 cm³/mol. The van der Waals surface area contributed by atoms with Gasteiger partial charge in [0.15, 0.2) is 0 Å². The molecule has 16 heavy (non-hydrogen) atoms. The zero-order valence-electron chi connectivity index (χ0n) is 8.93. The van der Waals surface area contributed by atoms with Crippen molar-refractivity contribution in [3.63, 3.8) is 0 Å². The van der Waals surface area contributed by atoms with Crippen LogP contribution in [-0.4, -0.2) is 12.1 Å². The van der Waals surface area contributed by atoms with Crippen molar-refractivity contribution in [1.29, 1.82) is 0 Å². The summed E-state index contributed by atoms with van der Waals surface area (Å²) >= 11 is 1.58. The Morgan fingerprint density at radius 2 is 2.38 bits per heavy atom. The zero-order chi connectivity index (χ0) is 11.4. The summed E-state index contributed by atoms with van der Waals surface area (Å²) in [5.41, 5.74) is 10.2. The Bertz CT molecular complexity index is 456. The van der Waals surface area contributed by atoms with E-state index in [4.69, 9.17) is 10.5 Å². The van der Waals surface area contributed by atoms with Crippen molar-refractivity contribution in [2.24, 2.45) is 0 Å². The van der Waals surface area contributed by atoms with E-state index in [1.165, 1.54) is 0 Å². The van der Waals surface area contributed by atoms with Crippen LogP contribution in [0.15, 0.2) is 29.1 Å². The Kier molecular flexibility index (Phi) is 3.26. The summed E-state index contributed by atoms with van der Waals surface area (Å²) in [4.78, 5) is 4.19. The number of nitrogen functional groups attached to an aromatic ring is 1. The zero-order valence-corrected chi connectivity index (χ0v) is 9.75. The van der Waals surface area contributed by atoms with Gasteiger partial charge in [0.05, 0.1) is 36.2 Å². The van der Waals surface area contributed by atoms with Crippen LogP contribution in [0.4, 0.5) is 11.4 Å². The van der Waals surface area contributed by atoms with Gasteiger partial charge in [0.25, 0.3) is 0 Å². The number of hydrogen-bond donors (Lipinski definition) is 2. The summed E-state index contributed by atoms with van der Waals surface area (Å²) in [7, 11) is 1.63. The van der Waals surface area contributed by atoms with Gasteiger partial charge in [-0.2, -0.15) is 0 Å². The van der Waals surface area contributed by atoms with E-state index in [0.29, 0.717) is 12.2 Å². The monoisotopic (exact) mass is 235 g/mol. The second-order valence-electron chi connectivity index (χ2n) is 3.29. The van der Waals surface area contributed by atoms with E-state index in [1.807, 2.05) is 29.1 Å². The number of nitrogens with one attached hydrogen (secondary N) is 1. The van der Waals surface area contributed by atoms with Gasteiger partial charge in [0.2, 0.25) is 0 Å². The Morgan fingerprint density at radius 1 is 1.50 bits per heavy atom. The lowest BCUT2D eigenvalue weighted by molar-refractivity contribution is 0.415. The smallest absolute Gasteiger partial charge is 0.121 e. The highest BCUT2D eigenvalue weighted by atomic mass is 32.1. The molecular weight excluding hydrogens is 222 g/mol. The number of nitrogens with zero attached hydrogens (tertiary/aromatic N) is 1. The first kappa shape index (κ1) is 10.8. The number of anilines is 2. The van der Waals surface area contributed by atoms with Gasteiger partial charge in [-0.15, -0.1) is 11.3 Å². The Labute approximate surface area is 98.1 Å². The summed E-state index contributed by atoms with van der Waals surface area (Å²) in [6, 6.07) is 5.53. The molecule has 1 heterocycles. The second kappa shape index (κ2) is 4.85. The predicted octanol–water partition coefficient (Wildman–Crippen LogP) is 2.35. The highest BCUT2D eigenvalue weighted by Gasteiger charge is 2.01. The molecule has 3 N–H and O–H groups in total. The SMILES string of the molecule is COc1ccc(N)c(NCc2cscn2)c1. The minimum Gasteiger partial charge on any atom is -0.497 e. The largest absolute Gasteiger partial charge is 0.497 e. The summed E-state index contributed by atoms with van der Waals surface area (Å²) in [5.74, 6) is 0.787. The molecule has 2 aromatic rings. The van der Waals surface area contributed by atoms with Crippen LogP contribution in [0.5, 0.6) is 5.75 Å². The van der Waals surface area contributed by atoms with E-state index in [1.54, 1.807) is 18.4 Å². The van der Waals surface area contributed by atoms with E-state index in [-0.39, 0.29) is 0 Å². The number of rotatable bonds is 4. The normalized spacial score (nSPS) is 10.1. The molecule has 0 atom stereocenters. The maximum Gasteiger partial charge on any atom is 0.121 e. The van der Waals surface area contributed by atoms with Gasteiger partial charge in [-0.3, -0.25) is 0 Å². The molecule has 0 aliphatic rings. The molecule has 0 spiro atoms. The van der Waals surface area contributed by atoms with Gasteiger partial charge in [0, 0.05) is 11.4 Å². The molecule has 0 unspecified atom stereocenters. The van der Waals surface area contributed by atoms with Crippen LogP contribution < -0.4 is 15.8 Å². The third-order valence-corrected chi connectivity index (χ3v) is 2.84. The van der Waals surface area contributed by atoms with Gasteiger partial charge < -0.3 is 15.8 Å². The molecule has 0 aliphatic carbocycles. The van der Waals surface area contributed by atoms with E-state index in [9.17, 15) is 0 Å². The highest BCUT2D eigenvalue weighted by molar-refractivity contribution is 7.07. The van der Waals surface area contributed by atoms with Gasteiger partial charge in [0.1, 0.15) is 5.75 Å². The Balaban J connectivity index is 2.08. The van der Waals surface area contributed by atoms with Crippen LogP contribution >= 0.6 is 11.3 Å². The van der Waals surface area contributed by atoms with Crippen LogP contribution in [0.3, 0.4) is 0 Å². The third-order valence-electron chi connectivity index (χ3n) is 2.20. The lowest BCUT2D eigenvalue weighted by Gasteiger charge is -2.09. The quantitative estimate of drug-likeness (QED) is 0.799. The average molecular weight is 235 g/mol. The molecule has 0 fully saturated rings. The standard InChI is InChI=1S/C11H13N3OS/c1-15-9-2-3-10(12)11(4-9)13-5-8-6-16-7-14-8/h2-4,6-7,13H,5,12H2,1H3. The Hall–Kier alpha value is -1.75. The number of thiazole rings is 1. The molecule has 84 valence electrons. The molecule has 1 aromatic heterocycles. The molecule has 1 aromatic carbocycles. The third kappa shape index (κ3) is 2.43. The molecule has 0 saturated carbocycles. The van der Waals surface area contributed by atoms with Crippen molar-refractivity contribution < 1.29 is 4.74 Å². The van der Waals surface area contributed by atoms with Crippen molar-refractivity contribution in [3.05, 3.63) is 34.8 Å². The number of benzene rings is 1. The molecule has 5 heteroatoms. The van der Waals surface area contributed by atoms with Crippen LogP contribution in [0.2, 0.25) is 0 Å². The number of nitrogens with two attached hydrogens (primary N) is 1. The van der Waals surface area contributed by atoms with Crippen molar-refractivity contribution in [2.45, 2.75) is 6.54 Å². The van der Waals surface area contributed by atoms with Gasteiger partial charge in [-0.25, -0.2) is 4.98 Å². The molecule has 0 saturated heterocycles. The number of methoxy groups -OCH3 is 1. The minimum absolute atomic E-state index is 0.668. The summed E-state index contributed by atoms with van der Waals surface area (Å²) in [6.07, 6.45) is 0. The van der Waals surface area contributed by atoms with Crippen LogP contribution in [0.25, 0.3) is 0 Å². The first-order chi connectivity index (χ1) is 7.79. The lowest BCUT2D eigenvalue weighted by atomic mass is 10.2.